The number of hydrogen-bond donors (Lipinski definition) is 1. The number of nitrogens with two attached hydrogens (primary N) is 1. The van der Waals surface area contributed by atoms with Crippen LogP contribution in [0.4, 0.5) is 0 Å². The molecule has 0 aliphatic carbocycles. The molecule has 1 aliphatic heterocycles. The zero-order valence-electron chi connectivity index (χ0n) is 15.0. The van der Waals surface area contributed by atoms with Gasteiger partial charge in [0.2, 0.25) is 11.8 Å². The molecule has 0 bridgehead atoms. The third-order valence-corrected chi connectivity index (χ3v) is 4.43. The van der Waals surface area contributed by atoms with Gasteiger partial charge in [-0.05, 0) is 26.4 Å². The highest BCUT2D eigenvalue weighted by atomic mass is 35.5. The molecule has 1 atom stereocenters. The molecule has 6 nitrogen and oxygen atoms in total. The molecule has 0 spiro atoms. The van der Waals surface area contributed by atoms with Gasteiger partial charge in [0, 0.05) is 26.2 Å². The molecule has 1 fully saturated rings. The van der Waals surface area contributed by atoms with E-state index >= 15 is 0 Å². The van der Waals surface area contributed by atoms with Gasteiger partial charge >= 0.3 is 0 Å². The maximum absolute atomic E-state index is 12.4. The summed E-state index contributed by atoms with van der Waals surface area (Å²) < 4.78 is 0. The Hall–Kier alpha value is -0.850. The van der Waals surface area contributed by atoms with Gasteiger partial charge in [0.1, 0.15) is 0 Å². The van der Waals surface area contributed by atoms with Crippen molar-refractivity contribution in [2.75, 3.05) is 45.8 Å². The van der Waals surface area contributed by atoms with Crippen LogP contribution in [-0.2, 0) is 9.59 Å². The van der Waals surface area contributed by atoms with Crippen LogP contribution >= 0.6 is 12.4 Å². The van der Waals surface area contributed by atoms with Gasteiger partial charge in [0.25, 0.3) is 0 Å². The molecule has 136 valence electrons. The molecule has 0 aromatic rings. The van der Waals surface area contributed by atoms with Crippen LogP contribution in [-0.4, -0.2) is 77.9 Å². The van der Waals surface area contributed by atoms with Crippen LogP contribution in [0.2, 0.25) is 0 Å². The van der Waals surface area contributed by atoms with Crippen molar-refractivity contribution < 1.29 is 9.59 Å². The van der Waals surface area contributed by atoms with Gasteiger partial charge in [-0.15, -0.1) is 12.4 Å². The van der Waals surface area contributed by atoms with Crippen molar-refractivity contribution >= 4 is 24.2 Å². The molecule has 0 aromatic heterocycles. The Balaban J connectivity index is 0.00000484. The maximum Gasteiger partial charge on any atom is 0.242 e. The van der Waals surface area contributed by atoms with E-state index in [9.17, 15) is 9.59 Å². The molecule has 1 rings (SSSR count). The number of likely N-dealkylation sites (N-methyl/N-ethyl adjacent to an activating group) is 1. The Morgan fingerprint density at radius 1 is 1.04 bits per heavy atom. The van der Waals surface area contributed by atoms with Crippen molar-refractivity contribution in [3.8, 4) is 0 Å². The monoisotopic (exact) mass is 348 g/mol. The zero-order chi connectivity index (χ0) is 16.8. The molecule has 2 amide bonds. The Kier molecular flexibility index (Phi) is 9.73. The van der Waals surface area contributed by atoms with E-state index in [0.717, 1.165) is 19.5 Å². The third kappa shape index (κ3) is 6.28. The number of carbonyl (C=O) groups excluding carboxylic acids is 2. The second kappa shape index (κ2) is 10.1. The lowest BCUT2D eigenvalue weighted by Gasteiger charge is -2.39. The molecular formula is C16H33ClN4O2. The summed E-state index contributed by atoms with van der Waals surface area (Å²) in [6.07, 6.45) is 1.58. The highest BCUT2D eigenvalue weighted by Gasteiger charge is 2.34. The zero-order valence-corrected chi connectivity index (χ0v) is 15.8. The number of carbonyl (C=O) groups is 2. The van der Waals surface area contributed by atoms with E-state index in [4.69, 9.17) is 5.73 Å². The topological polar surface area (TPSA) is 69.9 Å². The molecule has 2 N–H and O–H groups in total. The van der Waals surface area contributed by atoms with Crippen LogP contribution in [0, 0.1) is 0 Å². The summed E-state index contributed by atoms with van der Waals surface area (Å²) in [7, 11) is 0. The molecule has 23 heavy (non-hydrogen) atoms. The Morgan fingerprint density at radius 2 is 1.52 bits per heavy atom. The Labute approximate surface area is 146 Å². The molecular weight excluding hydrogens is 316 g/mol. The van der Waals surface area contributed by atoms with Crippen molar-refractivity contribution in [2.24, 2.45) is 5.73 Å². The number of rotatable bonds is 7. The summed E-state index contributed by atoms with van der Waals surface area (Å²) in [6, 6.07) is 0. The second-order valence-electron chi connectivity index (χ2n) is 6.30. The van der Waals surface area contributed by atoms with Crippen LogP contribution in [0.5, 0.6) is 0 Å². The Morgan fingerprint density at radius 3 is 1.96 bits per heavy atom. The molecule has 0 radical (unpaired) electrons. The fourth-order valence-electron chi connectivity index (χ4n) is 2.88. The molecule has 1 aliphatic rings. The van der Waals surface area contributed by atoms with Gasteiger partial charge in [0.15, 0.2) is 0 Å². The van der Waals surface area contributed by atoms with E-state index in [1.807, 2.05) is 11.8 Å². The molecule has 7 heteroatoms. The number of amides is 2. The minimum absolute atomic E-state index is 0. The van der Waals surface area contributed by atoms with Crippen molar-refractivity contribution in [3.05, 3.63) is 0 Å². The van der Waals surface area contributed by atoms with Gasteiger partial charge in [-0.25, -0.2) is 0 Å². The lowest BCUT2D eigenvalue weighted by molar-refractivity contribution is -0.143. The highest BCUT2D eigenvalue weighted by molar-refractivity contribution is 5.86. The van der Waals surface area contributed by atoms with Gasteiger partial charge in [-0.2, -0.15) is 0 Å². The average molecular weight is 349 g/mol. The smallest absolute Gasteiger partial charge is 0.242 e. The van der Waals surface area contributed by atoms with Crippen molar-refractivity contribution in [1.82, 2.24) is 14.7 Å². The molecule has 0 aromatic carbocycles. The standard InChI is InChI=1S/C16H32N4O2.ClH/c1-5-8-16(4,17)15(22)20-11-9-19(10-12-20)14(21)13-18(6-2)7-3;/h5-13,17H2,1-4H3;1H. The second-order valence-corrected chi connectivity index (χ2v) is 6.30. The van der Waals surface area contributed by atoms with E-state index in [1.165, 1.54) is 0 Å². The van der Waals surface area contributed by atoms with Crippen molar-refractivity contribution in [2.45, 2.75) is 46.1 Å². The lowest BCUT2D eigenvalue weighted by Crippen LogP contribution is -2.59. The first kappa shape index (κ1) is 22.1. The fraction of sp³-hybridized carbons (Fsp3) is 0.875. The first-order valence-electron chi connectivity index (χ1n) is 8.44. The SMILES string of the molecule is CCCC(C)(N)C(=O)N1CCN(C(=O)CN(CC)CC)CC1.Cl. The summed E-state index contributed by atoms with van der Waals surface area (Å²) in [5.74, 6) is 0.157. The molecule has 1 saturated heterocycles. The van der Waals surface area contributed by atoms with Crippen LogP contribution < -0.4 is 5.73 Å². The number of hydrogen-bond acceptors (Lipinski definition) is 4. The quantitative estimate of drug-likeness (QED) is 0.743. The lowest BCUT2D eigenvalue weighted by atomic mass is 9.95. The van der Waals surface area contributed by atoms with E-state index < -0.39 is 5.54 Å². The first-order valence-corrected chi connectivity index (χ1v) is 8.44. The highest BCUT2D eigenvalue weighted by Crippen LogP contribution is 2.14. The largest absolute Gasteiger partial charge is 0.338 e. The summed E-state index contributed by atoms with van der Waals surface area (Å²) >= 11 is 0. The minimum atomic E-state index is -0.790. The predicted octanol–water partition coefficient (Wildman–Crippen LogP) is 0.938. The van der Waals surface area contributed by atoms with E-state index in [1.54, 1.807) is 11.8 Å². The van der Waals surface area contributed by atoms with E-state index in [-0.39, 0.29) is 24.2 Å². The van der Waals surface area contributed by atoms with Crippen LogP contribution in [0.25, 0.3) is 0 Å². The predicted molar refractivity (Wildman–Crippen MR) is 95.7 cm³/mol. The number of nitrogens with zero attached hydrogens (tertiary/aromatic N) is 3. The number of halogens is 1. The molecule has 1 heterocycles. The fourth-order valence-corrected chi connectivity index (χ4v) is 2.88. The molecule has 0 saturated carbocycles. The third-order valence-electron chi connectivity index (χ3n) is 4.43. The van der Waals surface area contributed by atoms with Gasteiger partial charge in [-0.1, -0.05) is 27.2 Å². The van der Waals surface area contributed by atoms with Gasteiger partial charge in [0.05, 0.1) is 12.1 Å². The average Bonchev–Trinajstić information content (AvgIpc) is 2.51. The summed E-state index contributed by atoms with van der Waals surface area (Å²) in [6.45, 7) is 12.5. The van der Waals surface area contributed by atoms with Crippen molar-refractivity contribution in [1.29, 1.82) is 0 Å². The first-order chi connectivity index (χ1) is 10.4. The van der Waals surface area contributed by atoms with Crippen molar-refractivity contribution in [3.63, 3.8) is 0 Å². The van der Waals surface area contributed by atoms with Crippen LogP contribution in [0.3, 0.4) is 0 Å². The Bertz CT molecular complexity index is 378. The normalized spacial score (nSPS) is 17.7. The summed E-state index contributed by atoms with van der Waals surface area (Å²) in [4.78, 5) is 30.5. The van der Waals surface area contributed by atoms with E-state index in [2.05, 4.69) is 18.7 Å². The van der Waals surface area contributed by atoms with Gasteiger partial charge in [-0.3, -0.25) is 14.5 Å². The number of piperazine rings is 1. The van der Waals surface area contributed by atoms with Crippen LogP contribution in [0.1, 0.15) is 40.5 Å². The molecule has 1 unspecified atom stereocenters. The van der Waals surface area contributed by atoms with E-state index in [0.29, 0.717) is 39.1 Å². The van der Waals surface area contributed by atoms with Gasteiger partial charge < -0.3 is 15.5 Å². The minimum Gasteiger partial charge on any atom is -0.338 e. The summed E-state index contributed by atoms with van der Waals surface area (Å²) in [5.41, 5.74) is 5.33. The maximum atomic E-state index is 12.4. The summed E-state index contributed by atoms with van der Waals surface area (Å²) in [5, 5.41) is 0. The van der Waals surface area contributed by atoms with Crippen LogP contribution in [0.15, 0.2) is 0 Å².